The molecule has 0 radical (unpaired) electrons. The van der Waals surface area contributed by atoms with Crippen molar-refractivity contribution in [3.63, 3.8) is 0 Å². The Morgan fingerprint density at radius 2 is 2.12 bits per heavy atom. The summed E-state index contributed by atoms with van der Waals surface area (Å²) in [6.45, 7) is 1.25. The van der Waals surface area contributed by atoms with Gasteiger partial charge in [-0.15, -0.1) is 0 Å². The zero-order valence-electron chi connectivity index (χ0n) is 8.80. The Kier molecular flexibility index (Phi) is 3.20. The lowest BCUT2D eigenvalue weighted by Crippen LogP contribution is -2.22. The summed E-state index contributed by atoms with van der Waals surface area (Å²) >= 11 is 3.26. The molecule has 0 aromatic carbocycles. The summed E-state index contributed by atoms with van der Waals surface area (Å²) < 4.78 is 0.800. The molecule has 1 fully saturated rings. The van der Waals surface area contributed by atoms with Crippen LogP contribution < -0.4 is 0 Å². The van der Waals surface area contributed by atoms with Crippen LogP contribution in [0.5, 0.6) is 0 Å². The molecule has 6 heteroatoms. The highest BCUT2D eigenvalue weighted by Gasteiger charge is 2.38. The van der Waals surface area contributed by atoms with Crippen LogP contribution in [0.2, 0.25) is 0 Å². The van der Waals surface area contributed by atoms with Crippen LogP contribution >= 0.6 is 15.9 Å². The number of halogens is 1. The first kappa shape index (κ1) is 11.5. The van der Waals surface area contributed by atoms with Gasteiger partial charge in [-0.1, -0.05) is 0 Å². The predicted molar refractivity (Wildman–Crippen MR) is 61.1 cm³/mol. The summed E-state index contributed by atoms with van der Waals surface area (Å²) in [7, 11) is 1.91. The average molecular weight is 286 g/mol. The number of carbonyl (C=O) groups is 1. The summed E-state index contributed by atoms with van der Waals surface area (Å²) in [4.78, 5) is 21.5. The summed E-state index contributed by atoms with van der Waals surface area (Å²) in [5.41, 5.74) is 0. The number of aromatic nitrogens is 2. The van der Waals surface area contributed by atoms with Gasteiger partial charge in [0.15, 0.2) is 0 Å². The van der Waals surface area contributed by atoms with Gasteiger partial charge in [-0.25, -0.2) is 9.97 Å². The van der Waals surface area contributed by atoms with Gasteiger partial charge in [0.05, 0.1) is 10.4 Å². The Morgan fingerprint density at radius 3 is 2.69 bits per heavy atom. The summed E-state index contributed by atoms with van der Waals surface area (Å²) in [5, 5.41) is 9.13. The van der Waals surface area contributed by atoms with Crippen LogP contribution in [0.4, 0.5) is 0 Å². The molecule has 1 aromatic rings. The molecule has 0 aliphatic carbocycles. The molecule has 2 atom stereocenters. The molecule has 1 N–H and O–H groups in total. The fraction of sp³-hybridized carbons (Fsp3) is 0.500. The number of likely N-dealkylation sites (tertiary alicyclic amines) is 1. The second-order valence-corrected chi connectivity index (χ2v) is 4.95. The Hall–Kier alpha value is -1.01. The van der Waals surface area contributed by atoms with Crippen LogP contribution in [-0.2, 0) is 4.79 Å². The molecular formula is C10H12BrN3O2. The van der Waals surface area contributed by atoms with E-state index in [-0.39, 0.29) is 5.92 Å². The van der Waals surface area contributed by atoms with Gasteiger partial charge < -0.3 is 10.0 Å². The van der Waals surface area contributed by atoms with Crippen molar-refractivity contribution < 1.29 is 9.90 Å². The number of nitrogens with zero attached hydrogens (tertiary/aromatic N) is 3. The van der Waals surface area contributed by atoms with Crippen molar-refractivity contribution in [3.05, 3.63) is 22.7 Å². The van der Waals surface area contributed by atoms with Crippen molar-refractivity contribution >= 4 is 21.9 Å². The van der Waals surface area contributed by atoms with Crippen molar-refractivity contribution in [2.45, 2.75) is 5.92 Å². The van der Waals surface area contributed by atoms with E-state index in [0.29, 0.717) is 18.9 Å². The molecule has 0 spiro atoms. The van der Waals surface area contributed by atoms with Crippen LogP contribution in [0.1, 0.15) is 11.7 Å². The van der Waals surface area contributed by atoms with Crippen molar-refractivity contribution in [1.82, 2.24) is 14.9 Å². The maximum absolute atomic E-state index is 11.1. The Labute approximate surface area is 102 Å². The third kappa shape index (κ3) is 2.22. The molecule has 0 saturated carbocycles. The van der Waals surface area contributed by atoms with Crippen molar-refractivity contribution in [2.24, 2.45) is 5.92 Å². The van der Waals surface area contributed by atoms with E-state index in [9.17, 15) is 4.79 Å². The van der Waals surface area contributed by atoms with Crippen LogP contribution in [0.3, 0.4) is 0 Å². The number of rotatable bonds is 2. The first-order chi connectivity index (χ1) is 7.58. The summed E-state index contributed by atoms with van der Waals surface area (Å²) in [5.74, 6) is -0.692. The largest absolute Gasteiger partial charge is 0.481 e. The van der Waals surface area contributed by atoms with Crippen molar-refractivity contribution in [2.75, 3.05) is 20.1 Å². The third-order valence-electron chi connectivity index (χ3n) is 2.79. The molecule has 0 amide bonds. The number of aliphatic carboxylic acids is 1. The van der Waals surface area contributed by atoms with Gasteiger partial charge in [-0.3, -0.25) is 4.79 Å². The maximum atomic E-state index is 11.1. The number of carboxylic acids is 1. The lowest BCUT2D eigenvalue weighted by molar-refractivity contribution is -0.141. The zero-order valence-corrected chi connectivity index (χ0v) is 10.4. The van der Waals surface area contributed by atoms with E-state index < -0.39 is 11.9 Å². The zero-order chi connectivity index (χ0) is 11.7. The van der Waals surface area contributed by atoms with Gasteiger partial charge in [-0.05, 0) is 23.0 Å². The Morgan fingerprint density at radius 1 is 1.50 bits per heavy atom. The average Bonchev–Trinajstić information content (AvgIpc) is 2.61. The molecule has 86 valence electrons. The normalized spacial score (nSPS) is 25.9. The van der Waals surface area contributed by atoms with Gasteiger partial charge >= 0.3 is 5.97 Å². The highest BCUT2D eigenvalue weighted by molar-refractivity contribution is 9.10. The molecule has 1 aromatic heterocycles. The van der Waals surface area contributed by atoms with Gasteiger partial charge in [0.25, 0.3) is 0 Å². The second-order valence-electron chi connectivity index (χ2n) is 4.03. The molecule has 5 nitrogen and oxygen atoms in total. The minimum absolute atomic E-state index is 0.115. The molecule has 2 rings (SSSR count). The van der Waals surface area contributed by atoms with E-state index in [1.54, 1.807) is 12.4 Å². The quantitative estimate of drug-likeness (QED) is 0.877. The van der Waals surface area contributed by atoms with E-state index in [2.05, 4.69) is 25.9 Å². The maximum Gasteiger partial charge on any atom is 0.308 e. The van der Waals surface area contributed by atoms with Gasteiger partial charge in [0, 0.05) is 31.4 Å². The SMILES string of the molecule is CN1CC(C(=O)O)C(c2ncc(Br)cn2)C1. The standard InChI is InChI=1S/C10H12BrN3O2/c1-14-4-7(8(5-14)10(15)16)9-12-2-6(11)3-13-9/h2-3,7-8H,4-5H2,1H3,(H,15,16). The highest BCUT2D eigenvalue weighted by Crippen LogP contribution is 2.30. The number of hydrogen-bond acceptors (Lipinski definition) is 4. The van der Waals surface area contributed by atoms with E-state index in [1.807, 2.05) is 11.9 Å². The molecule has 2 heterocycles. The molecule has 1 aliphatic rings. The molecule has 0 bridgehead atoms. The lowest BCUT2D eigenvalue weighted by atomic mass is 9.95. The van der Waals surface area contributed by atoms with Gasteiger partial charge in [-0.2, -0.15) is 0 Å². The van der Waals surface area contributed by atoms with E-state index in [0.717, 1.165) is 4.47 Å². The molecular weight excluding hydrogens is 274 g/mol. The van der Waals surface area contributed by atoms with Crippen LogP contribution in [0, 0.1) is 5.92 Å². The number of hydrogen-bond donors (Lipinski definition) is 1. The summed E-state index contributed by atoms with van der Waals surface area (Å²) in [6, 6.07) is 0. The second kappa shape index (κ2) is 4.47. The fourth-order valence-electron chi connectivity index (χ4n) is 2.03. The number of carboxylic acid groups (broad SMARTS) is 1. The van der Waals surface area contributed by atoms with Gasteiger partial charge in [0.2, 0.25) is 0 Å². The van der Waals surface area contributed by atoms with Crippen LogP contribution in [-0.4, -0.2) is 46.1 Å². The molecule has 1 aliphatic heterocycles. The topological polar surface area (TPSA) is 66.3 Å². The van der Waals surface area contributed by atoms with E-state index in [1.165, 1.54) is 0 Å². The third-order valence-corrected chi connectivity index (χ3v) is 3.20. The van der Waals surface area contributed by atoms with Crippen LogP contribution in [0.15, 0.2) is 16.9 Å². The van der Waals surface area contributed by atoms with Gasteiger partial charge in [0.1, 0.15) is 5.82 Å². The Bertz CT molecular complexity index is 396. The smallest absolute Gasteiger partial charge is 0.308 e. The first-order valence-corrected chi connectivity index (χ1v) is 5.76. The van der Waals surface area contributed by atoms with E-state index in [4.69, 9.17) is 5.11 Å². The van der Waals surface area contributed by atoms with Crippen molar-refractivity contribution in [1.29, 1.82) is 0 Å². The summed E-state index contributed by atoms with van der Waals surface area (Å²) in [6.07, 6.45) is 3.30. The minimum atomic E-state index is -0.777. The molecule has 2 unspecified atom stereocenters. The predicted octanol–water partition coefficient (Wildman–Crippen LogP) is 0.969. The fourth-order valence-corrected chi connectivity index (χ4v) is 2.23. The lowest BCUT2D eigenvalue weighted by Gasteiger charge is -2.12. The molecule has 1 saturated heterocycles. The van der Waals surface area contributed by atoms with Crippen molar-refractivity contribution in [3.8, 4) is 0 Å². The monoisotopic (exact) mass is 285 g/mol. The number of likely N-dealkylation sites (N-methyl/N-ethyl adjacent to an activating group) is 1. The molecule has 16 heavy (non-hydrogen) atoms. The Balaban J connectivity index is 2.25. The minimum Gasteiger partial charge on any atom is -0.481 e. The first-order valence-electron chi connectivity index (χ1n) is 4.96. The van der Waals surface area contributed by atoms with E-state index >= 15 is 0 Å². The van der Waals surface area contributed by atoms with Crippen LogP contribution in [0.25, 0.3) is 0 Å². The highest BCUT2D eigenvalue weighted by atomic mass is 79.9.